The lowest BCUT2D eigenvalue weighted by Crippen LogP contribution is -2.15. The molecule has 102 valence electrons. The molecule has 0 saturated heterocycles. The number of thioether (sulfide) groups is 1. The summed E-state index contributed by atoms with van der Waals surface area (Å²) in [4.78, 5) is 5.12. The quantitative estimate of drug-likeness (QED) is 0.825. The van der Waals surface area contributed by atoms with Crippen LogP contribution in [-0.2, 0) is 12.2 Å². The third kappa shape index (κ3) is 4.65. The van der Waals surface area contributed by atoms with Gasteiger partial charge in [0.25, 0.3) is 0 Å². The molecule has 1 unspecified atom stereocenters. The number of rotatable bonds is 6. The van der Waals surface area contributed by atoms with E-state index in [1.165, 1.54) is 23.9 Å². The van der Waals surface area contributed by atoms with Gasteiger partial charge in [-0.2, -0.15) is 4.98 Å². The standard InChI is InChI=1S/C13H16FN3OS/c1-9(15)5-6-13-16-12(17-18-13)8-19-11-4-2-3-10(14)7-11/h2-4,7,9H,5-6,8,15H2,1H3. The second-order valence-corrected chi connectivity index (χ2v) is 5.42. The molecule has 0 aliphatic heterocycles. The minimum Gasteiger partial charge on any atom is -0.339 e. The normalized spacial score (nSPS) is 12.6. The summed E-state index contributed by atoms with van der Waals surface area (Å²) in [6.07, 6.45) is 1.51. The van der Waals surface area contributed by atoms with Crippen molar-refractivity contribution in [2.75, 3.05) is 0 Å². The second-order valence-electron chi connectivity index (χ2n) is 4.37. The monoisotopic (exact) mass is 281 g/mol. The van der Waals surface area contributed by atoms with E-state index in [0.29, 0.717) is 23.9 Å². The first-order valence-corrected chi connectivity index (χ1v) is 7.07. The highest BCUT2D eigenvalue weighted by Gasteiger charge is 2.08. The lowest BCUT2D eigenvalue weighted by molar-refractivity contribution is 0.368. The van der Waals surface area contributed by atoms with Crippen LogP contribution in [0.3, 0.4) is 0 Å². The maximum absolute atomic E-state index is 13.0. The van der Waals surface area contributed by atoms with Gasteiger partial charge in [-0.3, -0.25) is 0 Å². The summed E-state index contributed by atoms with van der Waals surface area (Å²) in [6.45, 7) is 1.94. The topological polar surface area (TPSA) is 64.9 Å². The fourth-order valence-corrected chi connectivity index (χ4v) is 2.29. The van der Waals surface area contributed by atoms with Crippen LogP contribution in [0, 0.1) is 5.82 Å². The largest absolute Gasteiger partial charge is 0.339 e. The highest BCUT2D eigenvalue weighted by molar-refractivity contribution is 7.98. The summed E-state index contributed by atoms with van der Waals surface area (Å²) < 4.78 is 18.1. The molecule has 0 amide bonds. The molecule has 1 atom stereocenters. The predicted molar refractivity (Wildman–Crippen MR) is 72.2 cm³/mol. The number of hydrogen-bond donors (Lipinski definition) is 1. The Bertz CT molecular complexity index is 530. The summed E-state index contributed by atoms with van der Waals surface area (Å²) >= 11 is 1.48. The van der Waals surface area contributed by atoms with Gasteiger partial charge in [-0.25, -0.2) is 4.39 Å². The maximum atomic E-state index is 13.0. The van der Waals surface area contributed by atoms with Crippen LogP contribution in [0.5, 0.6) is 0 Å². The van der Waals surface area contributed by atoms with E-state index in [2.05, 4.69) is 10.1 Å². The van der Waals surface area contributed by atoms with Gasteiger partial charge in [-0.05, 0) is 31.5 Å². The lowest BCUT2D eigenvalue weighted by atomic mass is 10.2. The number of aryl methyl sites for hydroxylation is 1. The smallest absolute Gasteiger partial charge is 0.226 e. The van der Waals surface area contributed by atoms with E-state index in [9.17, 15) is 4.39 Å². The Kier molecular flexibility index (Phi) is 4.93. The number of aromatic nitrogens is 2. The zero-order valence-electron chi connectivity index (χ0n) is 10.7. The highest BCUT2D eigenvalue weighted by Crippen LogP contribution is 2.22. The summed E-state index contributed by atoms with van der Waals surface area (Å²) in [5, 5.41) is 3.89. The third-order valence-electron chi connectivity index (χ3n) is 2.49. The van der Waals surface area contributed by atoms with Crippen LogP contribution in [0.15, 0.2) is 33.7 Å². The molecule has 6 heteroatoms. The van der Waals surface area contributed by atoms with Crippen molar-refractivity contribution in [3.63, 3.8) is 0 Å². The van der Waals surface area contributed by atoms with Gasteiger partial charge in [0, 0.05) is 17.4 Å². The van der Waals surface area contributed by atoms with Crippen molar-refractivity contribution in [2.45, 2.75) is 36.5 Å². The van der Waals surface area contributed by atoms with Gasteiger partial charge in [0.15, 0.2) is 5.82 Å². The molecule has 0 aliphatic carbocycles. The van der Waals surface area contributed by atoms with Crippen molar-refractivity contribution in [1.29, 1.82) is 0 Å². The number of halogens is 1. The fourth-order valence-electron chi connectivity index (χ4n) is 1.51. The van der Waals surface area contributed by atoms with E-state index in [4.69, 9.17) is 10.3 Å². The van der Waals surface area contributed by atoms with E-state index < -0.39 is 0 Å². The predicted octanol–water partition coefficient (Wildman–Crippen LogP) is 2.78. The molecule has 0 fully saturated rings. The average Bonchev–Trinajstić information content (AvgIpc) is 2.82. The molecule has 2 rings (SSSR count). The van der Waals surface area contributed by atoms with E-state index in [-0.39, 0.29) is 11.9 Å². The molecular weight excluding hydrogens is 265 g/mol. The van der Waals surface area contributed by atoms with Crippen LogP contribution in [0.4, 0.5) is 4.39 Å². The maximum Gasteiger partial charge on any atom is 0.226 e. The summed E-state index contributed by atoms with van der Waals surface area (Å²) in [5.41, 5.74) is 5.67. The van der Waals surface area contributed by atoms with Gasteiger partial charge >= 0.3 is 0 Å². The van der Waals surface area contributed by atoms with Crippen LogP contribution in [0.2, 0.25) is 0 Å². The van der Waals surface area contributed by atoms with Crippen LogP contribution >= 0.6 is 11.8 Å². The molecule has 0 aliphatic rings. The number of nitrogens with two attached hydrogens (primary N) is 1. The van der Waals surface area contributed by atoms with Gasteiger partial charge in [-0.15, -0.1) is 11.8 Å². The van der Waals surface area contributed by atoms with E-state index in [1.54, 1.807) is 6.07 Å². The lowest BCUT2D eigenvalue weighted by Gasteiger charge is -1.99. The Morgan fingerprint density at radius 3 is 3.05 bits per heavy atom. The van der Waals surface area contributed by atoms with Crippen LogP contribution in [0.1, 0.15) is 25.1 Å². The number of hydrogen-bond acceptors (Lipinski definition) is 5. The number of benzene rings is 1. The summed E-state index contributed by atoms with van der Waals surface area (Å²) in [6, 6.07) is 6.57. The Morgan fingerprint density at radius 1 is 1.47 bits per heavy atom. The Hall–Kier alpha value is -1.40. The van der Waals surface area contributed by atoms with Gasteiger partial charge in [0.1, 0.15) is 5.82 Å². The molecule has 1 heterocycles. The molecule has 0 radical (unpaired) electrons. The van der Waals surface area contributed by atoms with Crippen molar-refractivity contribution in [3.05, 3.63) is 41.8 Å². The van der Waals surface area contributed by atoms with Crippen LogP contribution in [0.25, 0.3) is 0 Å². The summed E-state index contributed by atoms with van der Waals surface area (Å²) in [7, 11) is 0. The second kappa shape index (κ2) is 6.68. The molecule has 0 saturated carbocycles. The van der Waals surface area contributed by atoms with Crippen LogP contribution < -0.4 is 5.73 Å². The Morgan fingerprint density at radius 2 is 2.32 bits per heavy atom. The van der Waals surface area contributed by atoms with Crippen LogP contribution in [-0.4, -0.2) is 16.2 Å². The molecule has 0 spiro atoms. The van der Waals surface area contributed by atoms with Crippen molar-refractivity contribution in [3.8, 4) is 0 Å². The van der Waals surface area contributed by atoms with E-state index in [0.717, 1.165) is 11.3 Å². The minimum atomic E-state index is -0.240. The Labute approximate surface area is 115 Å². The van der Waals surface area contributed by atoms with E-state index in [1.807, 2.05) is 13.0 Å². The summed E-state index contributed by atoms with van der Waals surface area (Å²) in [5.74, 6) is 1.54. The molecule has 1 aromatic heterocycles. The zero-order chi connectivity index (χ0) is 13.7. The van der Waals surface area contributed by atoms with E-state index >= 15 is 0 Å². The van der Waals surface area contributed by atoms with Gasteiger partial charge in [-0.1, -0.05) is 11.2 Å². The first kappa shape index (κ1) is 14.0. The first-order valence-electron chi connectivity index (χ1n) is 6.09. The molecule has 2 aromatic rings. The molecular formula is C13H16FN3OS. The van der Waals surface area contributed by atoms with Crippen molar-refractivity contribution in [1.82, 2.24) is 10.1 Å². The molecule has 4 nitrogen and oxygen atoms in total. The first-order chi connectivity index (χ1) is 9.13. The van der Waals surface area contributed by atoms with Crippen molar-refractivity contribution >= 4 is 11.8 Å². The average molecular weight is 281 g/mol. The highest BCUT2D eigenvalue weighted by atomic mass is 32.2. The molecule has 19 heavy (non-hydrogen) atoms. The Balaban J connectivity index is 1.86. The SMILES string of the molecule is CC(N)CCc1nc(CSc2cccc(F)c2)no1. The minimum absolute atomic E-state index is 0.122. The third-order valence-corrected chi connectivity index (χ3v) is 3.48. The van der Waals surface area contributed by atoms with Crippen molar-refractivity contribution in [2.24, 2.45) is 5.73 Å². The van der Waals surface area contributed by atoms with Gasteiger partial charge in [0.05, 0.1) is 5.75 Å². The molecule has 2 N–H and O–H groups in total. The van der Waals surface area contributed by atoms with Gasteiger partial charge < -0.3 is 10.3 Å². The molecule has 0 bridgehead atoms. The van der Waals surface area contributed by atoms with Gasteiger partial charge in [0.2, 0.25) is 5.89 Å². The van der Waals surface area contributed by atoms with Crippen molar-refractivity contribution < 1.29 is 8.91 Å². The fraction of sp³-hybridized carbons (Fsp3) is 0.385. The number of nitrogens with zero attached hydrogens (tertiary/aromatic N) is 2. The zero-order valence-corrected chi connectivity index (χ0v) is 11.5. The molecule has 1 aromatic carbocycles.